The number of carbonyl (C=O) groups is 1. The Labute approximate surface area is 106 Å². The van der Waals surface area contributed by atoms with Crippen LogP contribution in [0.4, 0.5) is 0 Å². The van der Waals surface area contributed by atoms with E-state index in [9.17, 15) is 4.79 Å². The van der Waals surface area contributed by atoms with Gasteiger partial charge < -0.3 is 9.84 Å². The fourth-order valence-electron chi connectivity index (χ4n) is 1.49. The summed E-state index contributed by atoms with van der Waals surface area (Å²) in [5.74, 6) is -0.238. The van der Waals surface area contributed by atoms with E-state index < -0.39 is 12.1 Å². The van der Waals surface area contributed by atoms with Gasteiger partial charge in [-0.25, -0.2) is 4.79 Å². The molecule has 0 aliphatic carbocycles. The second-order valence-corrected chi connectivity index (χ2v) is 4.59. The van der Waals surface area contributed by atoms with E-state index in [0.717, 1.165) is 17.7 Å². The molecule has 1 atom stereocenters. The standard InChI is InChI=1S/C13H18O3S/c1-3-4-7-11(13(14)15)16-10-8-5-6-9-12(10)17-2/h5-6,8-9,11H,3-4,7H2,1-2H3,(H,14,15). The number of thioether (sulfide) groups is 1. The molecular formula is C13H18O3S. The molecule has 0 aromatic heterocycles. The zero-order valence-electron chi connectivity index (χ0n) is 10.2. The van der Waals surface area contributed by atoms with Crippen molar-refractivity contribution in [3.8, 4) is 5.75 Å². The highest BCUT2D eigenvalue weighted by molar-refractivity contribution is 7.98. The van der Waals surface area contributed by atoms with E-state index in [1.807, 2.05) is 37.4 Å². The van der Waals surface area contributed by atoms with Gasteiger partial charge >= 0.3 is 5.97 Å². The smallest absolute Gasteiger partial charge is 0.344 e. The van der Waals surface area contributed by atoms with Crippen LogP contribution in [0.1, 0.15) is 26.2 Å². The first-order valence-electron chi connectivity index (χ1n) is 5.71. The van der Waals surface area contributed by atoms with Crippen molar-refractivity contribution in [2.45, 2.75) is 37.2 Å². The topological polar surface area (TPSA) is 46.5 Å². The first kappa shape index (κ1) is 13.9. The number of para-hydroxylation sites is 1. The molecule has 0 heterocycles. The molecule has 1 unspecified atom stereocenters. The summed E-state index contributed by atoms with van der Waals surface area (Å²) in [6.45, 7) is 2.04. The number of ether oxygens (including phenoxy) is 1. The second kappa shape index (κ2) is 7.22. The Hall–Kier alpha value is -1.16. The quantitative estimate of drug-likeness (QED) is 0.757. The van der Waals surface area contributed by atoms with Crippen LogP contribution in [-0.2, 0) is 4.79 Å². The van der Waals surface area contributed by atoms with Crippen molar-refractivity contribution < 1.29 is 14.6 Å². The van der Waals surface area contributed by atoms with Gasteiger partial charge in [-0.1, -0.05) is 25.5 Å². The van der Waals surface area contributed by atoms with E-state index in [-0.39, 0.29) is 0 Å². The van der Waals surface area contributed by atoms with Crippen molar-refractivity contribution in [1.82, 2.24) is 0 Å². The Kier molecular flexibility index (Phi) is 5.91. The van der Waals surface area contributed by atoms with Crippen molar-refractivity contribution in [2.75, 3.05) is 6.26 Å². The number of rotatable bonds is 7. The molecule has 0 saturated heterocycles. The van der Waals surface area contributed by atoms with Crippen LogP contribution in [0.3, 0.4) is 0 Å². The summed E-state index contributed by atoms with van der Waals surface area (Å²) < 4.78 is 5.58. The summed E-state index contributed by atoms with van der Waals surface area (Å²) in [5, 5.41) is 9.09. The number of carboxylic acid groups (broad SMARTS) is 1. The maximum Gasteiger partial charge on any atom is 0.344 e. The molecule has 3 nitrogen and oxygen atoms in total. The Morgan fingerprint density at radius 3 is 2.76 bits per heavy atom. The first-order valence-corrected chi connectivity index (χ1v) is 6.94. The summed E-state index contributed by atoms with van der Waals surface area (Å²) in [5.41, 5.74) is 0. The minimum absolute atomic E-state index is 0.550. The molecule has 94 valence electrons. The summed E-state index contributed by atoms with van der Waals surface area (Å²) in [6.07, 6.45) is 3.58. The lowest BCUT2D eigenvalue weighted by molar-refractivity contribution is -0.145. The SMILES string of the molecule is CCCCC(Oc1ccccc1SC)C(=O)O. The molecule has 17 heavy (non-hydrogen) atoms. The molecule has 0 aliphatic rings. The summed E-state index contributed by atoms with van der Waals surface area (Å²) in [4.78, 5) is 12.0. The van der Waals surface area contributed by atoms with Crippen molar-refractivity contribution in [2.24, 2.45) is 0 Å². The maximum absolute atomic E-state index is 11.1. The summed E-state index contributed by atoms with van der Waals surface area (Å²) in [6, 6.07) is 7.51. The van der Waals surface area contributed by atoms with Gasteiger partial charge in [0.15, 0.2) is 6.10 Å². The van der Waals surface area contributed by atoms with Crippen molar-refractivity contribution in [1.29, 1.82) is 0 Å². The van der Waals surface area contributed by atoms with E-state index in [0.29, 0.717) is 12.2 Å². The summed E-state index contributed by atoms with van der Waals surface area (Å²) >= 11 is 1.56. The van der Waals surface area contributed by atoms with Gasteiger partial charge in [0.25, 0.3) is 0 Å². The highest BCUT2D eigenvalue weighted by Gasteiger charge is 2.19. The molecule has 1 rings (SSSR count). The van der Waals surface area contributed by atoms with Crippen LogP contribution in [0.15, 0.2) is 29.2 Å². The average Bonchev–Trinajstić information content (AvgIpc) is 2.34. The largest absolute Gasteiger partial charge is 0.479 e. The number of carboxylic acids is 1. The number of unbranched alkanes of at least 4 members (excludes halogenated alkanes) is 1. The van der Waals surface area contributed by atoms with Gasteiger partial charge in [-0.15, -0.1) is 11.8 Å². The molecule has 0 fully saturated rings. The minimum Gasteiger partial charge on any atom is -0.479 e. The Morgan fingerprint density at radius 1 is 1.47 bits per heavy atom. The molecule has 4 heteroatoms. The zero-order valence-corrected chi connectivity index (χ0v) is 11.0. The van der Waals surface area contributed by atoms with Crippen molar-refractivity contribution >= 4 is 17.7 Å². The van der Waals surface area contributed by atoms with Gasteiger partial charge in [0.2, 0.25) is 0 Å². The Balaban J connectivity index is 2.74. The third kappa shape index (κ3) is 4.30. The summed E-state index contributed by atoms with van der Waals surface area (Å²) in [7, 11) is 0. The number of aliphatic carboxylic acids is 1. The zero-order chi connectivity index (χ0) is 12.7. The van der Waals surface area contributed by atoms with Crippen LogP contribution in [0, 0.1) is 0 Å². The average molecular weight is 254 g/mol. The van der Waals surface area contributed by atoms with Gasteiger partial charge in [-0.3, -0.25) is 0 Å². The fourth-order valence-corrected chi connectivity index (χ4v) is 2.02. The maximum atomic E-state index is 11.1. The molecule has 0 amide bonds. The van der Waals surface area contributed by atoms with Gasteiger partial charge in [0, 0.05) is 4.90 Å². The van der Waals surface area contributed by atoms with Crippen LogP contribution in [0.5, 0.6) is 5.75 Å². The first-order chi connectivity index (χ1) is 8.19. The monoisotopic (exact) mass is 254 g/mol. The molecule has 0 bridgehead atoms. The van der Waals surface area contributed by atoms with Crippen LogP contribution in [0.2, 0.25) is 0 Å². The molecule has 1 aromatic carbocycles. The fraction of sp³-hybridized carbons (Fsp3) is 0.462. The molecule has 0 aliphatic heterocycles. The minimum atomic E-state index is -0.894. The molecule has 0 radical (unpaired) electrons. The predicted octanol–water partition coefficient (Wildman–Crippen LogP) is 3.43. The third-order valence-corrected chi connectivity index (χ3v) is 3.21. The van der Waals surface area contributed by atoms with E-state index in [4.69, 9.17) is 9.84 Å². The normalized spacial score (nSPS) is 12.1. The lowest BCUT2D eigenvalue weighted by atomic mass is 10.1. The third-order valence-electron chi connectivity index (χ3n) is 2.43. The lowest BCUT2D eigenvalue weighted by Crippen LogP contribution is -2.27. The Morgan fingerprint density at radius 2 is 2.18 bits per heavy atom. The van der Waals surface area contributed by atoms with Gasteiger partial charge in [-0.05, 0) is 31.2 Å². The highest BCUT2D eigenvalue weighted by atomic mass is 32.2. The van der Waals surface area contributed by atoms with Crippen LogP contribution in [0.25, 0.3) is 0 Å². The Bertz CT molecular complexity index is 365. The molecule has 1 N–H and O–H groups in total. The number of benzene rings is 1. The van der Waals surface area contributed by atoms with Crippen molar-refractivity contribution in [3.05, 3.63) is 24.3 Å². The molecule has 1 aromatic rings. The number of hydrogen-bond donors (Lipinski definition) is 1. The predicted molar refractivity (Wildman–Crippen MR) is 69.8 cm³/mol. The van der Waals surface area contributed by atoms with Crippen LogP contribution in [-0.4, -0.2) is 23.4 Å². The van der Waals surface area contributed by atoms with Gasteiger partial charge in [-0.2, -0.15) is 0 Å². The molecule has 0 spiro atoms. The van der Waals surface area contributed by atoms with Gasteiger partial charge in [0.05, 0.1) is 0 Å². The molecule has 0 saturated carbocycles. The van der Waals surface area contributed by atoms with E-state index in [2.05, 4.69) is 0 Å². The van der Waals surface area contributed by atoms with E-state index >= 15 is 0 Å². The lowest BCUT2D eigenvalue weighted by Gasteiger charge is -2.16. The van der Waals surface area contributed by atoms with E-state index in [1.54, 1.807) is 11.8 Å². The van der Waals surface area contributed by atoms with E-state index in [1.165, 1.54) is 0 Å². The number of hydrogen-bond acceptors (Lipinski definition) is 3. The van der Waals surface area contributed by atoms with Crippen LogP contribution < -0.4 is 4.74 Å². The second-order valence-electron chi connectivity index (χ2n) is 3.74. The molecular weight excluding hydrogens is 236 g/mol. The van der Waals surface area contributed by atoms with Gasteiger partial charge in [0.1, 0.15) is 5.75 Å². The highest BCUT2D eigenvalue weighted by Crippen LogP contribution is 2.28. The van der Waals surface area contributed by atoms with Crippen molar-refractivity contribution in [3.63, 3.8) is 0 Å². The van der Waals surface area contributed by atoms with Crippen LogP contribution >= 0.6 is 11.8 Å².